The molecule has 2 aromatic rings. The van der Waals surface area contributed by atoms with Crippen molar-refractivity contribution in [3.63, 3.8) is 0 Å². The van der Waals surface area contributed by atoms with Crippen LogP contribution < -0.4 is 10.9 Å². The summed E-state index contributed by atoms with van der Waals surface area (Å²) < 4.78 is 1.73. The first-order chi connectivity index (χ1) is 9.29. The van der Waals surface area contributed by atoms with Crippen LogP contribution in [-0.2, 0) is 6.54 Å². The van der Waals surface area contributed by atoms with Gasteiger partial charge in [0.05, 0.1) is 11.7 Å². The molecule has 0 unspecified atom stereocenters. The summed E-state index contributed by atoms with van der Waals surface area (Å²) in [5.41, 5.74) is 1.28. The molecule has 0 aliphatic heterocycles. The van der Waals surface area contributed by atoms with Gasteiger partial charge < -0.3 is 5.32 Å². The zero-order chi connectivity index (χ0) is 14.9. The van der Waals surface area contributed by atoms with Gasteiger partial charge in [0.2, 0.25) is 0 Å². The van der Waals surface area contributed by atoms with E-state index in [-0.39, 0.29) is 11.1 Å². The van der Waals surface area contributed by atoms with Crippen molar-refractivity contribution in [3.05, 3.63) is 27.1 Å². The Balaban J connectivity index is 2.14. The van der Waals surface area contributed by atoms with Gasteiger partial charge in [-0.25, -0.2) is 4.98 Å². The minimum atomic E-state index is 0.0904. The standard InChI is InChI=1S/C15H23N3OS/c1-10-11(2)20-13-12(10)14(19)18(9-16-13)8-6-7-17-15(3,4)5/h9,17H,6-8H2,1-5H3. The highest BCUT2D eigenvalue weighted by atomic mass is 32.1. The molecule has 0 amide bonds. The Morgan fingerprint density at radius 2 is 2.05 bits per heavy atom. The van der Waals surface area contributed by atoms with Gasteiger partial charge in [-0.3, -0.25) is 9.36 Å². The van der Waals surface area contributed by atoms with Crippen LogP contribution in [-0.4, -0.2) is 21.6 Å². The Hall–Kier alpha value is -1.20. The summed E-state index contributed by atoms with van der Waals surface area (Å²) in [4.78, 5) is 18.9. The van der Waals surface area contributed by atoms with Gasteiger partial charge in [0.25, 0.3) is 5.56 Å². The van der Waals surface area contributed by atoms with E-state index in [2.05, 4.69) is 31.1 Å². The smallest absolute Gasteiger partial charge is 0.262 e. The molecule has 2 heterocycles. The Kier molecular flexibility index (Phi) is 4.30. The van der Waals surface area contributed by atoms with Gasteiger partial charge in [-0.05, 0) is 53.1 Å². The number of hydrogen-bond acceptors (Lipinski definition) is 4. The highest BCUT2D eigenvalue weighted by Gasteiger charge is 2.12. The van der Waals surface area contributed by atoms with Crippen LogP contribution in [0.3, 0.4) is 0 Å². The monoisotopic (exact) mass is 293 g/mol. The van der Waals surface area contributed by atoms with Crippen LogP contribution in [0.2, 0.25) is 0 Å². The summed E-state index contributed by atoms with van der Waals surface area (Å²) >= 11 is 1.60. The van der Waals surface area contributed by atoms with E-state index in [4.69, 9.17) is 0 Å². The van der Waals surface area contributed by atoms with E-state index in [1.165, 1.54) is 4.88 Å². The van der Waals surface area contributed by atoms with E-state index in [9.17, 15) is 4.79 Å². The molecule has 0 bridgehead atoms. The molecule has 0 aliphatic rings. The third-order valence-electron chi connectivity index (χ3n) is 3.39. The fraction of sp³-hybridized carbons (Fsp3) is 0.600. The fourth-order valence-electron chi connectivity index (χ4n) is 2.14. The summed E-state index contributed by atoms with van der Waals surface area (Å²) in [6.45, 7) is 12.1. The van der Waals surface area contributed by atoms with Crippen LogP contribution >= 0.6 is 11.3 Å². The SMILES string of the molecule is Cc1sc2ncn(CCCNC(C)(C)C)c(=O)c2c1C. The van der Waals surface area contributed by atoms with Crippen molar-refractivity contribution in [2.45, 2.75) is 53.1 Å². The molecule has 0 aromatic carbocycles. The van der Waals surface area contributed by atoms with Gasteiger partial charge in [0, 0.05) is 17.0 Å². The third-order valence-corrected chi connectivity index (χ3v) is 4.50. The quantitative estimate of drug-likeness (QED) is 0.882. The van der Waals surface area contributed by atoms with E-state index in [0.29, 0.717) is 6.54 Å². The molecular weight excluding hydrogens is 270 g/mol. The molecule has 2 rings (SSSR count). The zero-order valence-electron chi connectivity index (χ0n) is 12.9. The lowest BCUT2D eigenvalue weighted by Gasteiger charge is -2.20. The van der Waals surface area contributed by atoms with Crippen LogP contribution in [0, 0.1) is 13.8 Å². The van der Waals surface area contributed by atoms with Crippen molar-refractivity contribution in [2.24, 2.45) is 0 Å². The molecule has 2 aromatic heterocycles. The lowest BCUT2D eigenvalue weighted by Crippen LogP contribution is -2.37. The first-order valence-electron chi connectivity index (χ1n) is 7.00. The lowest BCUT2D eigenvalue weighted by molar-refractivity contribution is 0.412. The van der Waals surface area contributed by atoms with E-state index >= 15 is 0 Å². The minimum Gasteiger partial charge on any atom is -0.312 e. The van der Waals surface area contributed by atoms with Gasteiger partial charge in [0.1, 0.15) is 4.83 Å². The number of nitrogens with one attached hydrogen (secondary N) is 1. The molecular formula is C15H23N3OS. The number of fused-ring (bicyclic) bond motifs is 1. The summed E-state index contributed by atoms with van der Waals surface area (Å²) in [7, 11) is 0. The number of rotatable bonds is 4. The second kappa shape index (κ2) is 5.66. The Morgan fingerprint density at radius 3 is 2.70 bits per heavy atom. The highest BCUT2D eigenvalue weighted by molar-refractivity contribution is 7.18. The molecule has 0 saturated heterocycles. The zero-order valence-corrected chi connectivity index (χ0v) is 13.7. The second-order valence-electron chi connectivity index (χ2n) is 6.24. The topological polar surface area (TPSA) is 46.9 Å². The molecule has 0 fully saturated rings. The van der Waals surface area contributed by atoms with Gasteiger partial charge in [-0.2, -0.15) is 0 Å². The number of thiophene rings is 1. The predicted octanol–water partition coefficient (Wildman–Crippen LogP) is 2.85. The van der Waals surface area contributed by atoms with E-state index in [0.717, 1.165) is 28.7 Å². The molecule has 0 spiro atoms. The summed E-state index contributed by atoms with van der Waals surface area (Å²) in [5, 5.41) is 4.22. The lowest BCUT2D eigenvalue weighted by atomic mass is 10.1. The van der Waals surface area contributed by atoms with Crippen molar-refractivity contribution in [1.29, 1.82) is 0 Å². The van der Waals surface area contributed by atoms with Crippen molar-refractivity contribution >= 4 is 21.6 Å². The van der Waals surface area contributed by atoms with Gasteiger partial charge >= 0.3 is 0 Å². The number of aryl methyl sites for hydroxylation is 3. The maximum atomic E-state index is 12.5. The predicted molar refractivity (Wildman–Crippen MR) is 85.7 cm³/mol. The molecule has 20 heavy (non-hydrogen) atoms. The van der Waals surface area contributed by atoms with Crippen LogP contribution in [0.1, 0.15) is 37.6 Å². The van der Waals surface area contributed by atoms with Crippen LogP contribution in [0.4, 0.5) is 0 Å². The summed E-state index contributed by atoms with van der Waals surface area (Å²) in [6, 6.07) is 0. The number of hydrogen-bond donors (Lipinski definition) is 1. The van der Waals surface area contributed by atoms with Crippen molar-refractivity contribution in [3.8, 4) is 0 Å². The minimum absolute atomic E-state index is 0.0904. The first-order valence-corrected chi connectivity index (χ1v) is 7.81. The first kappa shape index (κ1) is 15.2. The van der Waals surface area contributed by atoms with Gasteiger partial charge in [-0.15, -0.1) is 11.3 Å². The maximum absolute atomic E-state index is 12.5. The number of aromatic nitrogens is 2. The van der Waals surface area contributed by atoms with Crippen LogP contribution in [0.25, 0.3) is 10.2 Å². The molecule has 0 aliphatic carbocycles. The third kappa shape index (κ3) is 3.27. The average molecular weight is 293 g/mol. The second-order valence-corrected chi connectivity index (χ2v) is 7.44. The number of nitrogens with zero attached hydrogens (tertiary/aromatic N) is 2. The molecule has 0 atom stereocenters. The molecule has 0 saturated carbocycles. The Labute approximate surface area is 123 Å². The molecule has 110 valence electrons. The molecule has 5 heteroatoms. The van der Waals surface area contributed by atoms with Gasteiger partial charge in [-0.1, -0.05) is 0 Å². The fourth-order valence-corrected chi connectivity index (χ4v) is 3.13. The Bertz CT molecular complexity index is 664. The van der Waals surface area contributed by atoms with Crippen molar-refractivity contribution in [1.82, 2.24) is 14.9 Å². The molecule has 1 N–H and O–H groups in total. The highest BCUT2D eigenvalue weighted by Crippen LogP contribution is 2.25. The molecule has 4 nitrogen and oxygen atoms in total. The summed E-state index contributed by atoms with van der Waals surface area (Å²) in [5.74, 6) is 0. The normalized spacial score (nSPS) is 12.2. The summed E-state index contributed by atoms with van der Waals surface area (Å²) in [6.07, 6.45) is 2.60. The van der Waals surface area contributed by atoms with Gasteiger partial charge in [0.15, 0.2) is 0 Å². The largest absolute Gasteiger partial charge is 0.312 e. The van der Waals surface area contributed by atoms with E-state index in [1.54, 1.807) is 22.2 Å². The van der Waals surface area contributed by atoms with Crippen LogP contribution in [0.5, 0.6) is 0 Å². The maximum Gasteiger partial charge on any atom is 0.262 e. The van der Waals surface area contributed by atoms with E-state index in [1.807, 2.05) is 13.8 Å². The van der Waals surface area contributed by atoms with Crippen molar-refractivity contribution in [2.75, 3.05) is 6.54 Å². The molecule has 0 radical (unpaired) electrons. The van der Waals surface area contributed by atoms with Crippen LogP contribution in [0.15, 0.2) is 11.1 Å². The van der Waals surface area contributed by atoms with E-state index < -0.39 is 0 Å². The Morgan fingerprint density at radius 1 is 1.35 bits per heavy atom. The van der Waals surface area contributed by atoms with Crippen molar-refractivity contribution < 1.29 is 0 Å². The average Bonchev–Trinajstić information content (AvgIpc) is 2.63.